The van der Waals surface area contributed by atoms with Crippen molar-refractivity contribution in [3.63, 3.8) is 0 Å². The number of ether oxygens (including phenoxy) is 1. The largest absolute Gasteiger partial charge is 0.382 e. The third-order valence-electron chi connectivity index (χ3n) is 7.31. The van der Waals surface area contributed by atoms with E-state index in [0.717, 1.165) is 24.8 Å². The Bertz CT molecular complexity index is 971. The van der Waals surface area contributed by atoms with Crippen molar-refractivity contribution in [3.05, 3.63) is 56.7 Å². The summed E-state index contributed by atoms with van der Waals surface area (Å²) < 4.78 is 5.50. The van der Waals surface area contributed by atoms with Crippen LogP contribution in [0.25, 0.3) is 0 Å². The van der Waals surface area contributed by atoms with Crippen molar-refractivity contribution >= 4 is 34.8 Å². The number of carbonyl (C=O) groups excluding carboxylic acids is 2. The van der Waals surface area contributed by atoms with Gasteiger partial charge in [-0.15, -0.1) is 11.3 Å². The first-order valence-electron chi connectivity index (χ1n) is 13.0. The Labute approximate surface area is 218 Å². The van der Waals surface area contributed by atoms with Crippen LogP contribution in [-0.4, -0.2) is 54.5 Å². The van der Waals surface area contributed by atoms with Crippen LogP contribution in [0.3, 0.4) is 0 Å². The van der Waals surface area contributed by atoms with Gasteiger partial charge in [-0.1, -0.05) is 49.4 Å². The molecule has 4 rings (SSSR count). The fourth-order valence-corrected chi connectivity index (χ4v) is 6.45. The lowest BCUT2D eigenvalue weighted by atomic mass is 9.93. The molecule has 1 aromatic heterocycles. The number of hydrogen-bond donors (Lipinski definition) is 0. The highest BCUT2D eigenvalue weighted by molar-refractivity contribution is 7.10. The van der Waals surface area contributed by atoms with Gasteiger partial charge < -0.3 is 14.5 Å². The van der Waals surface area contributed by atoms with E-state index in [1.807, 2.05) is 36.1 Å². The number of amides is 2. The van der Waals surface area contributed by atoms with E-state index in [1.54, 1.807) is 16.2 Å². The van der Waals surface area contributed by atoms with E-state index >= 15 is 0 Å². The highest BCUT2D eigenvalue weighted by Gasteiger charge is 2.34. The second-order valence-electron chi connectivity index (χ2n) is 9.65. The van der Waals surface area contributed by atoms with Gasteiger partial charge in [-0.2, -0.15) is 0 Å². The van der Waals surface area contributed by atoms with Crippen molar-refractivity contribution in [1.29, 1.82) is 0 Å². The van der Waals surface area contributed by atoms with Crippen molar-refractivity contribution in [1.82, 2.24) is 9.80 Å². The number of thiophene rings is 1. The number of hydrogen-bond acceptors (Lipinski definition) is 4. The molecule has 0 bridgehead atoms. The third kappa shape index (κ3) is 6.87. The minimum atomic E-state index is -0.145. The fourth-order valence-electron chi connectivity index (χ4n) is 5.42. The molecule has 1 aliphatic carbocycles. The molecular formula is C28H37ClN2O3S. The van der Waals surface area contributed by atoms with Crippen LogP contribution < -0.4 is 0 Å². The molecule has 1 unspecified atom stereocenters. The molecule has 0 radical (unpaired) electrons. The summed E-state index contributed by atoms with van der Waals surface area (Å²) >= 11 is 7.90. The smallest absolute Gasteiger partial charge is 0.242 e. The molecule has 0 spiro atoms. The molecule has 35 heavy (non-hydrogen) atoms. The average molecular weight is 517 g/mol. The lowest BCUT2D eigenvalue weighted by molar-refractivity contribution is -0.142. The molecule has 1 aromatic carbocycles. The SMILES string of the molecule is CCOCCCN(CC(=O)N1CCc2sccc2C1c1ccc(Cl)cc1)C(=O)CCC1CCCC1. The molecule has 5 nitrogen and oxygen atoms in total. The first-order chi connectivity index (χ1) is 17.1. The Kier molecular flexibility index (Phi) is 9.64. The van der Waals surface area contributed by atoms with Gasteiger partial charge in [0, 0.05) is 42.6 Å². The standard InChI is InChI=1S/C28H37ClN2O3S/c1-2-34-18-5-16-30(26(32)13-8-21-6-3-4-7-21)20-27(33)31-17-14-25-24(15-19-35-25)28(31)22-9-11-23(29)12-10-22/h9-12,15,19,21,28H,2-8,13-14,16-18,20H2,1H3. The van der Waals surface area contributed by atoms with Crippen LogP contribution in [0, 0.1) is 5.92 Å². The van der Waals surface area contributed by atoms with E-state index in [0.29, 0.717) is 43.7 Å². The Morgan fingerprint density at radius 1 is 1.17 bits per heavy atom. The summed E-state index contributed by atoms with van der Waals surface area (Å²) in [7, 11) is 0. The summed E-state index contributed by atoms with van der Waals surface area (Å²) in [5.41, 5.74) is 2.24. The van der Waals surface area contributed by atoms with Gasteiger partial charge in [0.2, 0.25) is 11.8 Å². The molecule has 1 atom stereocenters. The maximum absolute atomic E-state index is 13.7. The van der Waals surface area contributed by atoms with E-state index in [4.69, 9.17) is 16.3 Å². The van der Waals surface area contributed by atoms with Crippen LogP contribution in [0.15, 0.2) is 35.7 Å². The molecule has 1 fully saturated rings. The van der Waals surface area contributed by atoms with Gasteiger partial charge in [0.05, 0.1) is 12.6 Å². The summed E-state index contributed by atoms with van der Waals surface area (Å²) in [5, 5.41) is 2.79. The number of nitrogens with zero attached hydrogens (tertiary/aromatic N) is 2. The molecule has 2 heterocycles. The third-order valence-corrected chi connectivity index (χ3v) is 8.56. The maximum atomic E-state index is 13.7. The highest BCUT2D eigenvalue weighted by Crippen LogP contribution is 2.38. The van der Waals surface area contributed by atoms with Gasteiger partial charge in [0.25, 0.3) is 0 Å². The van der Waals surface area contributed by atoms with Gasteiger partial charge in [0.1, 0.15) is 0 Å². The quantitative estimate of drug-likeness (QED) is 0.339. The van der Waals surface area contributed by atoms with Crippen molar-refractivity contribution in [2.24, 2.45) is 5.92 Å². The number of fused-ring (bicyclic) bond motifs is 1. The number of halogens is 1. The number of carbonyl (C=O) groups is 2. The van der Waals surface area contributed by atoms with Crippen LogP contribution in [-0.2, 0) is 20.7 Å². The monoisotopic (exact) mass is 516 g/mol. The van der Waals surface area contributed by atoms with Crippen molar-refractivity contribution < 1.29 is 14.3 Å². The first kappa shape index (κ1) is 26.2. The summed E-state index contributed by atoms with van der Waals surface area (Å²) in [6.45, 7) is 4.57. The lowest BCUT2D eigenvalue weighted by Gasteiger charge is -2.37. The number of benzene rings is 1. The summed E-state index contributed by atoms with van der Waals surface area (Å²) in [5.74, 6) is 0.763. The van der Waals surface area contributed by atoms with E-state index in [1.165, 1.54) is 36.1 Å². The first-order valence-corrected chi connectivity index (χ1v) is 14.3. The molecule has 2 amide bonds. The molecule has 2 aromatic rings. The summed E-state index contributed by atoms with van der Waals surface area (Å²) in [4.78, 5) is 32.0. The molecule has 190 valence electrons. The van der Waals surface area contributed by atoms with E-state index in [9.17, 15) is 9.59 Å². The molecule has 7 heteroatoms. The van der Waals surface area contributed by atoms with E-state index in [2.05, 4.69) is 11.4 Å². The summed E-state index contributed by atoms with van der Waals surface area (Å²) in [6, 6.07) is 9.76. The molecule has 2 aliphatic rings. The molecular weight excluding hydrogens is 480 g/mol. The Morgan fingerprint density at radius 2 is 1.94 bits per heavy atom. The van der Waals surface area contributed by atoms with Crippen LogP contribution in [0.1, 0.15) is 73.9 Å². The summed E-state index contributed by atoms with van der Waals surface area (Å²) in [6.07, 6.45) is 8.08. The highest BCUT2D eigenvalue weighted by atomic mass is 35.5. The molecule has 0 N–H and O–H groups in total. The van der Waals surface area contributed by atoms with Crippen molar-refractivity contribution in [3.8, 4) is 0 Å². The van der Waals surface area contributed by atoms with Crippen LogP contribution in [0.4, 0.5) is 0 Å². The van der Waals surface area contributed by atoms with Gasteiger partial charge in [-0.05, 0) is 66.8 Å². The topological polar surface area (TPSA) is 49.9 Å². The predicted octanol–water partition coefficient (Wildman–Crippen LogP) is 6.10. The lowest BCUT2D eigenvalue weighted by Crippen LogP contribution is -2.47. The molecule has 1 aliphatic heterocycles. The normalized spacial score (nSPS) is 18.0. The zero-order chi connectivity index (χ0) is 24.6. The van der Waals surface area contributed by atoms with Gasteiger partial charge in [-0.3, -0.25) is 9.59 Å². The molecule has 1 saturated carbocycles. The molecule has 0 saturated heterocycles. The van der Waals surface area contributed by atoms with Gasteiger partial charge >= 0.3 is 0 Å². The maximum Gasteiger partial charge on any atom is 0.242 e. The second kappa shape index (κ2) is 12.9. The van der Waals surface area contributed by atoms with Crippen LogP contribution >= 0.6 is 22.9 Å². The Balaban J connectivity index is 1.48. The minimum absolute atomic E-state index is 0.00688. The predicted molar refractivity (Wildman–Crippen MR) is 142 cm³/mol. The van der Waals surface area contributed by atoms with E-state index < -0.39 is 0 Å². The number of rotatable bonds is 11. The minimum Gasteiger partial charge on any atom is -0.382 e. The Hall–Kier alpha value is -1.89. The second-order valence-corrected chi connectivity index (χ2v) is 11.1. The van der Waals surface area contributed by atoms with Crippen LogP contribution in [0.2, 0.25) is 5.02 Å². The van der Waals surface area contributed by atoms with Crippen molar-refractivity contribution in [2.45, 2.75) is 64.3 Å². The fraction of sp³-hybridized carbons (Fsp3) is 0.571. The Morgan fingerprint density at radius 3 is 2.69 bits per heavy atom. The van der Waals surface area contributed by atoms with Gasteiger partial charge in [0.15, 0.2) is 0 Å². The average Bonchev–Trinajstić information content (AvgIpc) is 3.56. The van der Waals surface area contributed by atoms with E-state index in [-0.39, 0.29) is 24.4 Å². The van der Waals surface area contributed by atoms with Crippen LogP contribution in [0.5, 0.6) is 0 Å². The van der Waals surface area contributed by atoms with Gasteiger partial charge in [-0.25, -0.2) is 0 Å². The van der Waals surface area contributed by atoms with Crippen molar-refractivity contribution in [2.75, 3.05) is 32.8 Å². The zero-order valence-electron chi connectivity index (χ0n) is 20.7. The zero-order valence-corrected chi connectivity index (χ0v) is 22.3.